The Balaban J connectivity index is 2.25. The first-order valence-corrected chi connectivity index (χ1v) is 8.83. The van der Waals surface area contributed by atoms with E-state index in [1.54, 1.807) is 11.4 Å². The van der Waals surface area contributed by atoms with Crippen molar-refractivity contribution >= 4 is 32.4 Å². The number of amides is 1. The molecular formula is C13H12F3N3O3S2. The first kappa shape index (κ1) is 18.2. The summed E-state index contributed by atoms with van der Waals surface area (Å²) >= 11 is 0.952. The number of hydrogen-bond donors (Lipinski definition) is 1. The van der Waals surface area contributed by atoms with Crippen molar-refractivity contribution in [3.63, 3.8) is 0 Å². The summed E-state index contributed by atoms with van der Waals surface area (Å²) in [6.07, 6.45) is -3.25. The molecule has 0 aliphatic rings. The summed E-state index contributed by atoms with van der Waals surface area (Å²) < 4.78 is 62.5. The minimum atomic E-state index is -4.58. The van der Waals surface area contributed by atoms with Crippen molar-refractivity contribution in [3.05, 3.63) is 41.9 Å². The lowest BCUT2D eigenvalue weighted by molar-refractivity contribution is -0.137. The van der Waals surface area contributed by atoms with Crippen LogP contribution in [0.1, 0.15) is 0 Å². The topological polar surface area (TPSA) is 79.4 Å². The highest BCUT2D eigenvalue weighted by atomic mass is 32.2. The number of benzene rings is 1. The molecule has 11 heteroatoms. The van der Waals surface area contributed by atoms with E-state index in [0.717, 1.165) is 11.3 Å². The zero-order valence-electron chi connectivity index (χ0n) is 12.0. The van der Waals surface area contributed by atoms with Crippen molar-refractivity contribution < 1.29 is 26.4 Å². The first-order valence-electron chi connectivity index (χ1n) is 6.51. The Hall–Kier alpha value is -2.14. The van der Waals surface area contributed by atoms with Crippen LogP contribution in [0.3, 0.4) is 0 Å². The Morgan fingerprint density at radius 2 is 1.92 bits per heavy atom. The van der Waals surface area contributed by atoms with Crippen LogP contribution >= 0.6 is 11.3 Å². The van der Waals surface area contributed by atoms with E-state index in [9.17, 15) is 26.4 Å². The standard InChI is InChI=1S/C13H12F3N3O3S2/c14-13(15,16)9-18-11(20)8-19(12-17-6-7-23-12)24(21,22)10-4-2-1-3-5-10/h1-7H,8-9H2,(H,18,20). The third kappa shape index (κ3) is 4.68. The molecule has 130 valence electrons. The molecule has 0 bridgehead atoms. The zero-order chi connectivity index (χ0) is 17.8. The summed E-state index contributed by atoms with van der Waals surface area (Å²) in [5, 5.41) is 3.13. The molecule has 0 saturated carbocycles. The summed E-state index contributed by atoms with van der Waals surface area (Å²) in [6, 6.07) is 7.25. The van der Waals surface area contributed by atoms with Gasteiger partial charge in [0.05, 0.1) is 4.90 Å². The van der Waals surface area contributed by atoms with E-state index in [2.05, 4.69) is 4.98 Å². The Morgan fingerprint density at radius 1 is 1.25 bits per heavy atom. The summed E-state index contributed by atoms with van der Waals surface area (Å²) in [5.74, 6) is -1.08. The van der Waals surface area contributed by atoms with Gasteiger partial charge in [-0.05, 0) is 12.1 Å². The van der Waals surface area contributed by atoms with Crippen LogP contribution in [0.2, 0.25) is 0 Å². The smallest absolute Gasteiger partial charge is 0.345 e. The molecule has 0 fully saturated rings. The molecule has 0 spiro atoms. The number of nitrogens with one attached hydrogen (secondary N) is 1. The number of nitrogens with zero attached hydrogens (tertiary/aromatic N) is 2. The van der Waals surface area contributed by atoms with Gasteiger partial charge in [0, 0.05) is 11.6 Å². The van der Waals surface area contributed by atoms with Gasteiger partial charge in [-0.2, -0.15) is 13.2 Å². The minimum Gasteiger partial charge on any atom is -0.345 e. The molecule has 0 atom stereocenters. The van der Waals surface area contributed by atoms with Crippen molar-refractivity contribution in [3.8, 4) is 0 Å². The van der Waals surface area contributed by atoms with Crippen LogP contribution in [-0.4, -0.2) is 38.6 Å². The largest absolute Gasteiger partial charge is 0.405 e. The van der Waals surface area contributed by atoms with Gasteiger partial charge in [-0.25, -0.2) is 17.7 Å². The van der Waals surface area contributed by atoms with E-state index >= 15 is 0 Å². The van der Waals surface area contributed by atoms with Gasteiger partial charge in [0.25, 0.3) is 10.0 Å². The third-order valence-electron chi connectivity index (χ3n) is 2.74. The zero-order valence-corrected chi connectivity index (χ0v) is 13.7. The molecule has 2 rings (SSSR count). The molecule has 1 amide bonds. The lowest BCUT2D eigenvalue weighted by Crippen LogP contribution is -2.43. The van der Waals surface area contributed by atoms with E-state index in [0.29, 0.717) is 4.31 Å². The SMILES string of the molecule is O=C(CN(c1nccs1)S(=O)(=O)c1ccccc1)NCC(F)(F)F. The quantitative estimate of drug-likeness (QED) is 0.833. The lowest BCUT2D eigenvalue weighted by Gasteiger charge is -2.21. The van der Waals surface area contributed by atoms with Gasteiger partial charge in [-0.15, -0.1) is 11.3 Å². The van der Waals surface area contributed by atoms with E-state index in [1.807, 2.05) is 0 Å². The maximum atomic E-state index is 12.7. The third-order valence-corrected chi connectivity index (χ3v) is 5.40. The van der Waals surface area contributed by atoms with Crippen molar-refractivity contribution in [1.82, 2.24) is 10.3 Å². The second kappa shape index (κ2) is 7.18. The molecule has 0 radical (unpaired) electrons. The summed E-state index contributed by atoms with van der Waals surface area (Å²) in [7, 11) is -4.13. The molecule has 0 saturated heterocycles. The molecule has 0 aliphatic carbocycles. The van der Waals surface area contributed by atoms with Crippen molar-refractivity contribution in [2.75, 3.05) is 17.4 Å². The van der Waals surface area contributed by atoms with Crippen LogP contribution in [0.5, 0.6) is 0 Å². The van der Waals surface area contributed by atoms with Crippen LogP contribution in [0, 0.1) is 0 Å². The van der Waals surface area contributed by atoms with E-state index in [1.165, 1.54) is 35.8 Å². The molecule has 0 unspecified atom stereocenters. The average Bonchev–Trinajstić information content (AvgIpc) is 3.04. The monoisotopic (exact) mass is 379 g/mol. The second-order valence-corrected chi connectivity index (χ2v) is 7.27. The summed E-state index contributed by atoms with van der Waals surface area (Å²) in [6.45, 7) is -2.34. The number of thiazole rings is 1. The maximum Gasteiger partial charge on any atom is 0.405 e. The minimum absolute atomic E-state index is 0.0130. The van der Waals surface area contributed by atoms with Gasteiger partial charge in [-0.3, -0.25) is 4.79 Å². The molecule has 1 aromatic carbocycles. The molecular weight excluding hydrogens is 367 g/mol. The van der Waals surface area contributed by atoms with Crippen molar-refractivity contribution in [2.45, 2.75) is 11.1 Å². The van der Waals surface area contributed by atoms with Gasteiger partial charge in [0.15, 0.2) is 5.13 Å². The summed E-state index contributed by atoms with van der Waals surface area (Å²) in [5.41, 5.74) is 0. The molecule has 24 heavy (non-hydrogen) atoms. The van der Waals surface area contributed by atoms with Crippen LogP contribution in [0.15, 0.2) is 46.8 Å². The highest BCUT2D eigenvalue weighted by molar-refractivity contribution is 7.93. The first-order chi connectivity index (χ1) is 11.2. The molecule has 1 aromatic heterocycles. The van der Waals surface area contributed by atoms with Gasteiger partial charge in [0.1, 0.15) is 13.1 Å². The molecule has 1 heterocycles. The average molecular weight is 379 g/mol. The Kier molecular flexibility index (Phi) is 5.44. The van der Waals surface area contributed by atoms with Crippen molar-refractivity contribution in [1.29, 1.82) is 0 Å². The highest BCUT2D eigenvalue weighted by Crippen LogP contribution is 2.25. The van der Waals surface area contributed by atoms with Gasteiger partial charge in [0.2, 0.25) is 5.91 Å². The van der Waals surface area contributed by atoms with Gasteiger partial charge in [-0.1, -0.05) is 18.2 Å². The fourth-order valence-electron chi connectivity index (χ4n) is 1.70. The number of halogens is 3. The number of rotatable bonds is 6. The van der Waals surface area contributed by atoms with Gasteiger partial charge < -0.3 is 5.32 Å². The van der Waals surface area contributed by atoms with E-state index < -0.39 is 35.2 Å². The predicted octanol–water partition coefficient (Wildman–Crippen LogP) is 2.02. The molecule has 2 aromatic rings. The summed E-state index contributed by atoms with van der Waals surface area (Å²) in [4.78, 5) is 15.5. The molecule has 0 aliphatic heterocycles. The van der Waals surface area contributed by atoms with Gasteiger partial charge >= 0.3 is 6.18 Å². The second-order valence-electron chi connectivity index (χ2n) is 4.53. The number of sulfonamides is 1. The van der Waals surface area contributed by atoms with Crippen LogP contribution in [0.4, 0.5) is 18.3 Å². The van der Waals surface area contributed by atoms with Crippen LogP contribution < -0.4 is 9.62 Å². The highest BCUT2D eigenvalue weighted by Gasteiger charge is 2.31. The lowest BCUT2D eigenvalue weighted by atomic mass is 10.4. The maximum absolute atomic E-state index is 12.7. The van der Waals surface area contributed by atoms with E-state index in [4.69, 9.17) is 0 Å². The van der Waals surface area contributed by atoms with Crippen molar-refractivity contribution in [2.24, 2.45) is 0 Å². The molecule has 1 N–H and O–H groups in total. The number of carbonyl (C=O) groups excluding carboxylic acids is 1. The van der Waals surface area contributed by atoms with E-state index in [-0.39, 0.29) is 10.0 Å². The molecule has 6 nitrogen and oxygen atoms in total. The fourth-order valence-corrected chi connectivity index (χ4v) is 3.97. The number of hydrogen-bond acceptors (Lipinski definition) is 5. The van der Waals surface area contributed by atoms with Crippen LogP contribution in [0.25, 0.3) is 0 Å². The number of anilines is 1. The number of carbonyl (C=O) groups is 1. The predicted molar refractivity (Wildman–Crippen MR) is 82.2 cm³/mol. The number of alkyl halides is 3. The Bertz CT molecular complexity index is 778. The Labute approximate surface area is 140 Å². The normalized spacial score (nSPS) is 12.0. The van der Waals surface area contributed by atoms with Crippen LogP contribution in [-0.2, 0) is 14.8 Å². The number of aromatic nitrogens is 1. The Morgan fingerprint density at radius 3 is 2.46 bits per heavy atom. The fraction of sp³-hybridized carbons (Fsp3) is 0.231.